The van der Waals surface area contributed by atoms with E-state index in [0.717, 1.165) is 0 Å². The van der Waals surface area contributed by atoms with Gasteiger partial charge in [-0.3, -0.25) is 0 Å². The van der Waals surface area contributed by atoms with Crippen LogP contribution in [0.15, 0.2) is 54.6 Å². The van der Waals surface area contributed by atoms with Gasteiger partial charge in [-0.25, -0.2) is 0 Å². The van der Waals surface area contributed by atoms with Gasteiger partial charge >= 0.3 is 0 Å². The zero-order valence-corrected chi connectivity index (χ0v) is 15.6. The topological polar surface area (TPSA) is 20.2 Å². The molecular weight excluding hydrogens is 280 g/mol. The summed E-state index contributed by atoms with van der Waals surface area (Å²) in [6.07, 6.45) is 2.37. The lowest BCUT2D eigenvalue weighted by Gasteiger charge is -2.28. The summed E-state index contributed by atoms with van der Waals surface area (Å²) in [6, 6.07) is 17.8. The molecular formula is C22H32O. The maximum atomic E-state index is 8.63. The van der Waals surface area contributed by atoms with Gasteiger partial charge in [0.05, 0.1) is 0 Å². The molecule has 0 atom stereocenters. The molecule has 0 spiro atoms. The van der Waals surface area contributed by atoms with Crippen LogP contribution in [0, 0.1) is 0 Å². The molecule has 23 heavy (non-hydrogen) atoms. The quantitative estimate of drug-likeness (QED) is 0.687. The van der Waals surface area contributed by atoms with Crippen LogP contribution in [-0.4, -0.2) is 5.11 Å². The molecule has 0 bridgehead atoms. The van der Waals surface area contributed by atoms with Gasteiger partial charge in [-0.2, -0.15) is 0 Å². The molecule has 0 aromatic heterocycles. The lowest BCUT2D eigenvalue weighted by Crippen LogP contribution is -2.19. The molecule has 2 aromatic carbocycles. The van der Waals surface area contributed by atoms with Crippen LogP contribution >= 0.6 is 0 Å². The first-order valence-corrected chi connectivity index (χ1v) is 8.58. The summed E-state index contributed by atoms with van der Waals surface area (Å²) >= 11 is 0. The number of rotatable bonds is 4. The summed E-state index contributed by atoms with van der Waals surface area (Å²) in [5.74, 6) is 0.322. The number of phenols is 1. The third kappa shape index (κ3) is 5.74. The van der Waals surface area contributed by atoms with Crippen LogP contribution in [0.1, 0.15) is 65.5 Å². The van der Waals surface area contributed by atoms with Crippen molar-refractivity contribution < 1.29 is 5.11 Å². The predicted octanol–water partition coefficient (Wildman–Crippen LogP) is 6.45. The highest BCUT2D eigenvalue weighted by molar-refractivity contribution is 5.33. The van der Waals surface area contributed by atoms with E-state index in [1.807, 2.05) is 6.07 Å². The lowest BCUT2D eigenvalue weighted by molar-refractivity contribution is 0.475. The lowest BCUT2D eigenvalue weighted by atomic mass is 9.77. The van der Waals surface area contributed by atoms with Gasteiger partial charge in [-0.1, -0.05) is 84.0 Å². The van der Waals surface area contributed by atoms with Crippen molar-refractivity contribution in [3.05, 3.63) is 65.7 Å². The molecule has 2 rings (SSSR count). The average Bonchev–Trinajstić information content (AvgIpc) is 2.56. The summed E-state index contributed by atoms with van der Waals surface area (Å²) in [4.78, 5) is 0. The smallest absolute Gasteiger partial charge is 0.115 e. The van der Waals surface area contributed by atoms with E-state index < -0.39 is 0 Å². The summed E-state index contributed by atoms with van der Waals surface area (Å²) in [6.45, 7) is 13.8. The van der Waals surface area contributed by atoms with E-state index in [1.165, 1.54) is 24.0 Å². The second-order valence-electron chi connectivity index (χ2n) is 7.39. The van der Waals surface area contributed by atoms with Crippen LogP contribution in [0.4, 0.5) is 0 Å². The molecule has 1 heteroatoms. The largest absolute Gasteiger partial charge is 0.508 e. The SMILES string of the molecule is CCC(C)(C)c1cccc(C(C)(C)CC)c1.Oc1ccccc1. The summed E-state index contributed by atoms with van der Waals surface area (Å²) in [5.41, 5.74) is 3.52. The molecule has 0 radical (unpaired) electrons. The molecule has 0 aliphatic rings. The number of aromatic hydroxyl groups is 1. The molecule has 0 aliphatic heterocycles. The number of para-hydroxylation sites is 1. The van der Waals surface area contributed by atoms with Crippen LogP contribution < -0.4 is 0 Å². The third-order valence-electron chi connectivity index (χ3n) is 4.95. The molecule has 0 saturated heterocycles. The van der Waals surface area contributed by atoms with Crippen molar-refractivity contribution in [1.29, 1.82) is 0 Å². The Morgan fingerprint density at radius 2 is 1.13 bits per heavy atom. The van der Waals surface area contributed by atoms with E-state index in [9.17, 15) is 0 Å². The van der Waals surface area contributed by atoms with E-state index in [-0.39, 0.29) is 0 Å². The van der Waals surface area contributed by atoms with Crippen molar-refractivity contribution >= 4 is 0 Å². The van der Waals surface area contributed by atoms with Crippen LogP contribution in [0.25, 0.3) is 0 Å². The average molecular weight is 312 g/mol. The van der Waals surface area contributed by atoms with Crippen molar-refractivity contribution in [3.8, 4) is 5.75 Å². The maximum absolute atomic E-state index is 8.63. The molecule has 126 valence electrons. The maximum Gasteiger partial charge on any atom is 0.115 e. The highest BCUT2D eigenvalue weighted by Crippen LogP contribution is 2.32. The van der Waals surface area contributed by atoms with Crippen molar-refractivity contribution in [1.82, 2.24) is 0 Å². The Balaban J connectivity index is 0.000000313. The van der Waals surface area contributed by atoms with Crippen molar-refractivity contribution in [2.45, 2.75) is 65.2 Å². The molecule has 0 unspecified atom stereocenters. The van der Waals surface area contributed by atoms with Crippen molar-refractivity contribution in [2.75, 3.05) is 0 Å². The summed E-state index contributed by atoms with van der Waals surface area (Å²) in [7, 11) is 0. The molecule has 1 N–H and O–H groups in total. The monoisotopic (exact) mass is 312 g/mol. The van der Waals surface area contributed by atoms with Gasteiger partial charge in [0.25, 0.3) is 0 Å². The Kier molecular flexibility index (Phi) is 6.87. The zero-order chi connectivity index (χ0) is 17.5. The summed E-state index contributed by atoms with van der Waals surface area (Å²) < 4.78 is 0. The first-order chi connectivity index (χ1) is 10.7. The van der Waals surface area contributed by atoms with Crippen LogP contribution in [0.3, 0.4) is 0 Å². The van der Waals surface area contributed by atoms with Crippen molar-refractivity contribution in [3.63, 3.8) is 0 Å². The van der Waals surface area contributed by atoms with Gasteiger partial charge < -0.3 is 5.11 Å². The fourth-order valence-electron chi connectivity index (χ4n) is 2.20. The zero-order valence-electron chi connectivity index (χ0n) is 15.6. The molecule has 0 heterocycles. The molecule has 0 amide bonds. The number of benzene rings is 2. The highest BCUT2D eigenvalue weighted by Gasteiger charge is 2.22. The Hall–Kier alpha value is -1.76. The summed E-state index contributed by atoms with van der Waals surface area (Å²) in [5, 5.41) is 8.63. The van der Waals surface area contributed by atoms with Crippen molar-refractivity contribution in [2.24, 2.45) is 0 Å². The van der Waals surface area contributed by atoms with Crippen LogP contribution in [-0.2, 0) is 10.8 Å². The Morgan fingerprint density at radius 3 is 1.43 bits per heavy atom. The second kappa shape index (κ2) is 8.19. The minimum Gasteiger partial charge on any atom is -0.508 e. The van der Waals surface area contributed by atoms with E-state index in [2.05, 4.69) is 65.8 Å². The van der Waals surface area contributed by atoms with E-state index in [1.54, 1.807) is 24.3 Å². The first kappa shape index (κ1) is 19.3. The van der Waals surface area contributed by atoms with Gasteiger partial charge in [-0.15, -0.1) is 0 Å². The number of hydrogen-bond acceptors (Lipinski definition) is 1. The van der Waals surface area contributed by atoms with E-state index in [4.69, 9.17) is 5.11 Å². The fraction of sp³-hybridized carbons (Fsp3) is 0.455. The first-order valence-electron chi connectivity index (χ1n) is 8.58. The Labute approximate surface area is 142 Å². The normalized spacial score (nSPS) is 11.6. The van der Waals surface area contributed by atoms with Gasteiger partial charge in [0, 0.05) is 0 Å². The van der Waals surface area contributed by atoms with Gasteiger partial charge in [0.1, 0.15) is 5.75 Å². The van der Waals surface area contributed by atoms with E-state index >= 15 is 0 Å². The molecule has 2 aromatic rings. The highest BCUT2D eigenvalue weighted by atomic mass is 16.3. The third-order valence-corrected chi connectivity index (χ3v) is 4.95. The van der Waals surface area contributed by atoms with Gasteiger partial charge in [0.2, 0.25) is 0 Å². The standard InChI is InChI=1S/C16H26.C6H6O/c1-7-15(3,4)13-10-9-11-14(12-13)16(5,6)8-2;7-6-4-2-1-3-5-6/h9-12H,7-8H2,1-6H3;1-5,7H. The van der Waals surface area contributed by atoms with Gasteiger partial charge in [0.15, 0.2) is 0 Å². The van der Waals surface area contributed by atoms with E-state index in [0.29, 0.717) is 16.6 Å². The van der Waals surface area contributed by atoms with Gasteiger partial charge in [-0.05, 0) is 46.9 Å². The predicted molar refractivity (Wildman–Crippen MR) is 101 cm³/mol. The Bertz CT molecular complexity index is 551. The van der Waals surface area contributed by atoms with Crippen LogP contribution in [0.5, 0.6) is 5.75 Å². The molecule has 1 nitrogen and oxygen atoms in total. The van der Waals surface area contributed by atoms with Crippen LogP contribution in [0.2, 0.25) is 0 Å². The minimum absolute atomic E-state index is 0.291. The Morgan fingerprint density at radius 1 is 0.696 bits per heavy atom. The fourth-order valence-corrected chi connectivity index (χ4v) is 2.20. The molecule has 0 fully saturated rings. The number of phenolic OH excluding ortho intramolecular Hbond substituents is 1. The molecule has 0 aliphatic carbocycles. The number of hydrogen-bond donors (Lipinski definition) is 1. The second-order valence-corrected chi connectivity index (χ2v) is 7.39. The minimum atomic E-state index is 0.291. The molecule has 0 saturated carbocycles.